The zero-order valence-corrected chi connectivity index (χ0v) is 22.4. The molecule has 1 heterocycles. The molecule has 4 aromatic rings. The van der Waals surface area contributed by atoms with Crippen molar-refractivity contribution in [1.29, 1.82) is 0 Å². The number of carbonyl (C=O) groups excluding carboxylic acids is 3. The first-order valence-electron chi connectivity index (χ1n) is 13.6. The molecule has 8 rings (SSSR count). The summed E-state index contributed by atoms with van der Waals surface area (Å²) < 4.78 is 5.25. The second kappa shape index (κ2) is 9.55. The van der Waals surface area contributed by atoms with Crippen LogP contribution in [0.25, 0.3) is 0 Å². The van der Waals surface area contributed by atoms with Crippen LogP contribution in [0.3, 0.4) is 0 Å². The van der Waals surface area contributed by atoms with Gasteiger partial charge in [-0.1, -0.05) is 84.9 Å². The number of likely N-dealkylation sites (tertiary alicyclic amines) is 1. The minimum Gasteiger partial charge on any atom is -0.497 e. The second-order valence-corrected chi connectivity index (χ2v) is 10.7. The molecule has 0 saturated carbocycles. The van der Waals surface area contributed by atoms with E-state index in [1.54, 1.807) is 37.6 Å². The highest BCUT2D eigenvalue weighted by atomic mass is 16.5. The Morgan fingerprint density at radius 3 is 2.22 bits per heavy atom. The average molecular weight is 542 g/mol. The lowest BCUT2D eigenvalue weighted by atomic mass is 9.47. The van der Waals surface area contributed by atoms with E-state index in [9.17, 15) is 14.4 Å². The molecule has 3 amide bonds. The van der Waals surface area contributed by atoms with E-state index >= 15 is 0 Å². The molecule has 4 aliphatic rings. The predicted molar refractivity (Wildman–Crippen MR) is 153 cm³/mol. The molecule has 1 saturated heterocycles. The van der Waals surface area contributed by atoms with Gasteiger partial charge in [-0.3, -0.25) is 19.3 Å². The number of methoxy groups -OCH3 is 1. The van der Waals surface area contributed by atoms with Crippen molar-refractivity contribution in [3.63, 3.8) is 0 Å². The van der Waals surface area contributed by atoms with Crippen molar-refractivity contribution in [2.45, 2.75) is 17.9 Å². The molecule has 2 bridgehead atoms. The van der Waals surface area contributed by atoms with Gasteiger partial charge < -0.3 is 4.74 Å². The Bertz CT molecular complexity index is 1680. The van der Waals surface area contributed by atoms with Gasteiger partial charge in [-0.25, -0.2) is 5.43 Å². The third kappa shape index (κ3) is 3.65. The van der Waals surface area contributed by atoms with Gasteiger partial charge >= 0.3 is 0 Å². The van der Waals surface area contributed by atoms with Crippen LogP contribution in [0.1, 0.15) is 44.1 Å². The molecule has 0 radical (unpaired) electrons. The SMILES string of the molecule is COc1cccc(C(=O)N/N=C\C23c4ccccc4C(c4ccccc42)[C@H]2C(=O)N(Cc4ccccc4)C(=O)[C@@H]23)c1. The van der Waals surface area contributed by atoms with Crippen molar-refractivity contribution in [3.8, 4) is 5.75 Å². The molecule has 0 unspecified atom stereocenters. The Labute approximate surface area is 237 Å². The Hall–Kier alpha value is -5.04. The van der Waals surface area contributed by atoms with Gasteiger partial charge in [0.15, 0.2) is 0 Å². The fourth-order valence-electron chi connectivity index (χ4n) is 7.05. The van der Waals surface area contributed by atoms with Gasteiger partial charge in [0.2, 0.25) is 11.8 Å². The van der Waals surface area contributed by atoms with Gasteiger partial charge in [0.25, 0.3) is 5.91 Å². The number of rotatable bonds is 6. The van der Waals surface area contributed by atoms with Crippen molar-refractivity contribution < 1.29 is 19.1 Å². The van der Waals surface area contributed by atoms with Crippen LogP contribution >= 0.6 is 0 Å². The van der Waals surface area contributed by atoms with Crippen molar-refractivity contribution in [2.24, 2.45) is 16.9 Å². The van der Waals surface area contributed by atoms with Crippen LogP contribution in [0, 0.1) is 11.8 Å². The summed E-state index contributed by atoms with van der Waals surface area (Å²) in [5.41, 5.74) is 6.81. The molecule has 4 aromatic carbocycles. The van der Waals surface area contributed by atoms with E-state index in [2.05, 4.69) is 10.5 Å². The monoisotopic (exact) mass is 541 g/mol. The van der Waals surface area contributed by atoms with Crippen LogP contribution in [-0.4, -0.2) is 35.9 Å². The van der Waals surface area contributed by atoms with Gasteiger partial charge in [0.1, 0.15) is 5.75 Å². The Morgan fingerprint density at radius 2 is 1.54 bits per heavy atom. The molecule has 1 aliphatic heterocycles. The Kier molecular flexibility index (Phi) is 5.82. The number of imide groups is 1. The zero-order chi connectivity index (χ0) is 28.1. The molecular weight excluding hydrogens is 514 g/mol. The van der Waals surface area contributed by atoms with Crippen LogP contribution < -0.4 is 10.2 Å². The highest BCUT2D eigenvalue weighted by molar-refractivity contribution is 6.11. The normalized spacial score (nSPS) is 23.7. The molecule has 0 spiro atoms. The number of hydrazone groups is 1. The Balaban J connectivity index is 1.35. The molecule has 2 atom stereocenters. The van der Waals surface area contributed by atoms with Crippen molar-refractivity contribution in [1.82, 2.24) is 10.3 Å². The van der Waals surface area contributed by atoms with Gasteiger partial charge in [-0.2, -0.15) is 5.10 Å². The van der Waals surface area contributed by atoms with Crippen LogP contribution in [0.4, 0.5) is 0 Å². The van der Waals surface area contributed by atoms with E-state index in [0.717, 1.165) is 27.8 Å². The number of benzene rings is 4. The first-order valence-corrected chi connectivity index (χ1v) is 13.6. The number of nitrogens with zero attached hydrogens (tertiary/aromatic N) is 2. The van der Waals surface area contributed by atoms with Crippen molar-refractivity contribution in [3.05, 3.63) is 137 Å². The van der Waals surface area contributed by atoms with Gasteiger partial charge in [0.05, 0.1) is 30.9 Å². The zero-order valence-electron chi connectivity index (χ0n) is 22.4. The lowest BCUT2D eigenvalue weighted by molar-refractivity contribution is -0.140. The van der Waals surface area contributed by atoms with Crippen LogP contribution in [0.5, 0.6) is 5.75 Å². The highest BCUT2D eigenvalue weighted by Crippen LogP contribution is 2.63. The molecule has 41 heavy (non-hydrogen) atoms. The first-order chi connectivity index (χ1) is 20.0. The average Bonchev–Trinajstić information content (AvgIpc) is 3.27. The third-order valence-electron chi connectivity index (χ3n) is 8.72. The van der Waals surface area contributed by atoms with Gasteiger partial charge in [0, 0.05) is 17.7 Å². The molecule has 1 N–H and O–H groups in total. The Morgan fingerprint density at radius 1 is 0.878 bits per heavy atom. The summed E-state index contributed by atoms with van der Waals surface area (Å²) in [7, 11) is 1.54. The maximum absolute atomic E-state index is 14.3. The number of hydrogen-bond acceptors (Lipinski definition) is 5. The minimum atomic E-state index is -1.04. The quantitative estimate of drug-likeness (QED) is 0.219. The highest BCUT2D eigenvalue weighted by Gasteiger charge is 2.67. The summed E-state index contributed by atoms with van der Waals surface area (Å²) >= 11 is 0. The molecule has 3 aliphatic carbocycles. The van der Waals surface area contributed by atoms with E-state index in [1.165, 1.54) is 4.90 Å². The van der Waals surface area contributed by atoms with Crippen molar-refractivity contribution >= 4 is 23.9 Å². The molecule has 0 aromatic heterocycles. The van der Waals surface area contributed by atoms with Gasteiger partial charge in [-0.05, 0) is 46.0 Å². The second-order valence-electron chi connectivity index (χ2n) is 10.7. The number of nitrogens with one attached hydrogen (secondary N) is 1. The summed E-state index contributed by atoms with van der Waals surface area (Å²) in [6, 6.07) is 32.3. The number of hydrogen-bond donors (Lipinski definition) is 1. The topological polar surface area (TPSA) is 88.1 Å². The number of amides is 3. The first kappa shape index (κ1) is 25.0. The van der Waals surface area contributed by atoms with Crippen LogP contribution in [0.15, 0.2) is 108 Å². The molecule has 7 heteroatoms. The summed E-state index contributed by atoms with van der Waals surface area (Å²) in [5.74, 6) is -1.74. The number of carbonyl (C=O) groups is 3. The molecular formula is C34H27N3O4. The van der Waals surface area contributed by atoms with Gasteiger partial charge in [-0.15, -0.1) is 0 Å². The fraction of sp³-hybridized carbons (Fsp3) is 0.176. The summed E-state index contributed by atoms with van der Waals surface area (Å²) in [6.07, 6.45) is 1.67. The van der Waals surface area contributed by atoms with Crippen molar-refractivity contribution in [2.75, 3.05) is 7.11 Å². The predicted octanol–water partition coefficient (Wildman–Crippen LogP) is 4.66. The lowest BCUT2D eigenvalue weighted by Crippen LogP contribution is -2.54. The van der Waals surface area contributed by atoms with E-state index in [1.807, 2.05) is 78.9 Å². The maximum Gasteiger partial charge on any atom is 0.271 e. The summed E-state index contributed by atoms with van der Waals surface area (Å²) in [5, 5.41) is 4.47. The number of ether oxygens (including phenoxy) is 1. The standard InChI is InChI=1S/C34H27N3O4/c1-41-23-13-9-12-22(18-23)31(38)36-35-20-34-26-16-7-5-14-24(26)28(25-15-6-8-17-27(25)34)29-30(34)33(40)37(32(29)39)19-21-10-3-2-4-11-21/h2-18,20,28-30H,19H2,1H3,(H,36,38)/b35-20-/t28?,29-,30-,34?/m1/s1. The van der Waals surface area contributed by atoms with E-state index in [0.29, 0.717) is 11.3 Å². The van der Waals surface area contributed by atoms with Crippen LogP contribution in [0.2, 0.25) is 0 Å². The fourth-order valence-corrected chi connectivity index (χ4v) is 7.05. The molecule has 1 fully saturated rings. The molecule has 202 valence electrons. The van der Waals surface area contributed by atoms with Crippen LogP contribution in [-0.2, 0) is 21.5 Å². The largest absolute Gasteiger partial charge is 0.497 e. The molecule has 7 nitrogen and oxygen atoms in total. The lowest BCUT2D eigenvalue weighted by Gasteiger charge is -2.52. The van der Waals surface area contributed by atoms with E-state index in [-0.39, 0.29) is 24.3 Å². The maximum atomic E-state index is 14.3. The minimum absolute atomic E-state index is 0.170. The third-order valence-corrected chi connectivity index (χ3v) is 8.72. The summed E-state index contributed by atoms with van der Waals surface area (Å²) in [4.78, 5) is 42.9. The van der Waals surface area contributed by atoms with E-state index in [4.69, 9.17) is 4.74 Å². The summed E-state index contributed by atoms with van der Waals surface area (Å²) in [6.45, 7) is 0.213. The smallest absolute Gasteiger partial charge is 0.271 e. The van der Waals surface area contributed by atoms with E-state index < -0.39 is 23.2 Å².